The van der Waals surface area contributed by atoms with Gasteiger partial charge in [0.25, 0.3) is 0 Å². The van der Waals surface area contributed by atoms with Crippen LogP contribution in [0.3, 0.4) is 0 Å². The minimum atomic E-state index is 0.691. The summed E-state index contributed by atoms with van der Waals surface area (Å²) in [5, 5.41) is 4.42. The predicted octanol–water partition coefficient (Wildman–Crippen LogP) is 3.58. The lowest BCUT2D eigenvalue weighted by Gasteiger charge is -2.34. The molecule has 0 unspecified atom stereocenters. The van der Waals surface area contributed by atoms with Crippen molar-refractivity contribution < 1.29 is 0 Å². The zero-order valence-corrected chi connectivity index (χ0v) is 13.5. The first-order valence-corrected chi connectivity index (χ1v) is 8.31. The number of hydrogen-bond donors (Lipinski definition) is 1. The van der Waals surface area contributed by atoms with E-state index in [0.29, 0.717) is 6.04 Å². The number of aryl methyl sites for hydroxylation is 1. The Labute approximate surface area is 121 Å². The first-order valence-electron chi connectivity index (χ1n) is 7.49. The van der Waals surface area contributed by atoms with E-state index in [1.165, 1.54) is 47.8 Å². The fraction of sp³-hybridized carbons (Fsp3) is 0.800. The van der Waals surface area contributed by atoms with Crippen LogP contribution in [0.5, 0.6) is 0 Å². The molecule has 1 aromatic rings. The SMILES string of the molecule is CCC1CCC(N(C)c2nc(C)c(CNC)s2)CC1. The first kappa shape index (κ1) is 14.8. The summed E-state index contributed by atoms with van der Waals surface area (Å²) in [5.74, 6) is 0.961. The quantitative estimate of drug-likeness (QED) is 0.894. The molecule has 1 aliphatic rings. The van der Waals surface area contributed by atoms with Crippen LogP contribution in [0.4, 0.5) is 5.13 Å². The number of aromatic nitrogens is 1. The molecular formula is C15H27N3S. The van der Waals surface area contributed by atoms with Gasteiger partial charge >= 0.3 is 0 Å². The van der Waals surface area contributed by atoms with Crippen LogP contribution in [-0.4, -0.2) is 25.1 Å². The van der Waals surface area contributed by atoms with Crippen molar-refractivity contribution in [3.63, 3.8) is 0 Å². The smallest absolute Gasteiger partial charge is 0.185 e. The lowest BCUT2D eigenvalue weighted by atomic mass is 9.84. The summed E-state index contributed by atoms with van der Waals surface area (Å²) >= 11 is 1.84. The Balaban J connectivity index is 1.99. The van der Waals surface area contributed by atoms with Gasteiger partial charge in [-0.2, -0.15) is 0 Å². The van der Waals surface area contributed by atoms with Crippen molar-refractivity contribution >= 4 is 16.5 Å². The molecule has 1 aromatic heterocycles. The highest BCUT2D eigenvalue weighted by atomic mass is 32.1. The summed E-state index contributed by atoms with van der Waals surface area (Å²) in [4.78, 5) is 8.53. The van der Waals surface area contributed by atoms with Gasteiger partial charge in [0.05, 0.1) is 5.69 Å². The van der Waals surface area contributed by atoms with E-state index in [0.717, 1.165) is 12.5 Å². The molecule has 1 saturated carbocycles. The molecule has 2 rings (SSSR count). The van der Waals surface area contributed by atoms with Gasteiger partial charge in [0, 0.05) is 24.5 Å². The number of thiazole rings is 1. The molecule has 4 heteroatoms. The van der Waals surface area contributed by atoms with Crippen LogP contribution in [0.15, 0.2) is 0 Å². The largest absolute Gasteiger partial charge is 0.348 e. The Morgan fingerprint density at radius 2 is 2.00 bits per heavy atom. The maximum Gasteiger partial charge on any atom is 0.185 e. The molecule has 1 N–H and O–H groups in total. The third-order valence-corrected chi connectivity index (χ3v) is 5.71. The number of rotatable bonds is 5. The third kappa shape index (κ3) is 3.48. The van der Waals surface area contributed by atoms with Crippen molar-refractivity contribution in [2.45, 2.75) is 58.5 Å². The molecule has 0 atom stereocenters. The molecule has 19 heavy (non-hydrogen) atoms. The first-order chi connectivity index (χ1) is 9.15. The van der Waals surface area contributed by atoms with Crippen LogP contribution in [0, 0.1) is 12.8 Å². The summed E-state index contributed by atoms with van der Waals surface area (Å²) in [7, 11) is 4.22. The molecule has 0 aromatic carbocycles. The van der Waals surface area contributed by atoms with Gasteiger partial charge in [-0.25, -0.2) is 4.98 Å². The Bertz CT molecular complexity index is 394. The predicted molar refractivity (Wildman–Crippen MR) is 84.1 cm³/mol. The molecule has 0 spiro atoms. The van der Waals surface area contributed by atoms with E-state index in [-0.39, 0.29) is 0 Å². The maximum atomic E-state index is 4.75. The van der Waals surface area contributed by atoms with Gasteiger partial charge in [-0.15, -0.1) is 11.3 Å². The standard InChI is InChI=1S/C15H27N3S/c1-5-12-6-8-13(9-7-12)18(4)15-17-11(2)14(19-15)10-16-3/h12-13,16H,5-10H2,1-4H3. The van der Waals surface area contributed by atoms with Gasteiger partial charge in [0.15, 0.2) is 5.13 Å². The van der Waals surface area contributed by atoms with Gasteiger partial charge in [0.2, 0.25) is 0 Å². The van der Waals surface area contributed by atoms with E-state index < -0.39 is 0 Å². The number of hydrogen-bond acceptors (Lipinski definition) is 4. The summed E-state index contributed by atoms with van der Waals surface area (Å²) in [5.41, 5.74) is 1.18. The minimum Gasteiger partial charge on any atom is -0.348 e. The zero-order valence-electron chi connectivity index (χ0n) is 12.7. The lowest BCUT2D eigenvalue weighted by molar-refractivity contribution is 0.313. The van der Waals surface area contributed by atoms with E-state index >= 15 is 0 Å². The van der Waals surface area contributed by atoms with E-state index in [2.05, 4.69) is 31.1 Å². The second kappa shape index (κ2) is 6.71. The van der Waals surface area contributed by atoms with Crippen molar-refractivity contribution in [3.05, 3.63) is 10.6 Å². The summed E-state index contributed by atoms with van der Waals surface area (Å²) in [6.07, 6.45) is 6.78. The second-order valence-electron chi connectivity index (χ2n) is 5.73. The number of nitrogens with one attached hydrogen (secondary N) is 1. The fourth-order valence-electron chi connectivity index (χ4n) is 2.98. The van der Waals surface area contributed by atoms with E-state index in [1.54, 1.807) is 0 Å². The van der Waals surface area contributed by atoms with Crippen LogP contribution < -0.4 is 10.2 Å². The van der Waals surface area contributed by atoms with Crippen LogP contribution in [0.2, 0.25) is 0 Å². The molecule has 0 aliphatic heterocycles. The van der Waals surface area contributed by atoms with Crippen LogP contribution in [-0.2, 0) is 6.54 Å². The van der Waals surface area contributed by atoms with Gasteiger partial charge in [-0.3, -0.25) is 0 Å². The Morgan fingerprint density at radius 1 is 1.32 bits per heavy atom. The Kier molecular flexibility index (Phi) is 5.22. The van der Waals surface area contributed by atoms with Gasteiger partial charge in [-0.05, 0) is 45.6 Å². The molecule has 1 fully saturated rings. The average Bonchev–Trinajstić information content (AvgIpc) is 2.80. The Morgan fingerprint density at radius 3 is 2.58 bits per heavy atom. The third-order valence-electron chi connectivity index (χ3n) is 4.46. The van der Waals surface area contributed by atoms with E-state index in [4.69, 9.17) is 4.98 Å². The van der Waals surface area contributed by atoms with Gasteiger partial charge in [0.1, 0.15) is 0 Å². The monoisotopic (exact) mass is 281 g/mol. The average molecular weight is 281 g/mol. The van der Waals surface area contributed by atoms with Crippen molar-refractivity contribution in [2.75, 3.05) is 19.0 Å². The highest BCUT2D eigenvalue weighted by Crippen LogP contribution is 2.33. The van der Waals surface area contributed by atoms with Crippen molar-refractivity contribution in [1.82, 2.24) is 10.3 Å². The molecule has 1 aliphatic carbocycles. The van der Waals surface area contributed by atoms with Gasteiger partial charge < -0.3 is 10.2 Å². The summed E-state index contributed by atoms with van der Waals surface area (Å²) in [6.45, 7) is 5.37. The Hall–Kier alpha value is -0.610. The topological polar surface area (TPSA) is 28.2 Å². The lowest BCUT2D eigenvalue weighted by Crippen LogP contribution is -2.35. The van der Waals surface area contributed by atoms with Crippen molar-refractivity contribution in [1.29, 1.82) is 0 Å². The molecule has 0 bridgehead atoms. The normalized spacial score (nSPS) is 23.6. The van der Waals surface area contributed by atoms with Crippen LogP contribution in [0.25, 0.3) is 0 Å². The van der Waals surface area contributed by atoms with E-state index in [9.17, 15) is 0 Å². The second-order valence-corrected chi connectivity index (χ2v) is 6.79. The van der Waals surface area contributed by atoms with Crippen molar-refractivity contribution in [2.24, 2.45) is 5.92 Å². The minimum absolute atomic E-state index is 0.691. The molecule has 0 amide bonds. The number of anilines is 1. The highest BCUT2D eigenvalue weighted by Gasteiger charge is 2.25. The van der Waals surface area contributed by atoms with E-state index in [1.807, 2.05) is 18.4 Å². The molecule has 3 nitrogen and oxygen atoms in total. The molecular weight excluding hydrogens is 254 g/mol. The fourth-order valence-corrected chi connectivity index (χ4v) is 4.09. The van der Waals surface area contributed by atoms with Crippen LogP contribution in [0.1, 0.15) is 49.6 Å². The molecule has 0 saturated heterocycles. The molecule has 0 radical (unpaired) electrons. The van der Waals surface area contributed by atoms with Gasteiger partial charge in [-0.1, -0.05) is 13.3 Å². The number of nitrogens with zero attached hydrogens (tertiary/aromatic N) is 2. The highest BCUT2D eigenvalue weighted by molar-refractivity contribution is 7.15. The molecule has 108 valence electrons. The van der Waals surface area contributed by atoms with Crippen molar-refractivity contribution in [3.8, 4) is 0 Å². The molecule has 1 heterocycles. The van der Waals surface area contributed by atoms with Crippen LogP contribution >= 0.6 is 11.3 Å². The maximum absolute atomic E-state index is 4.75. The zero-order chi connectivity index (χ0) is 13.8. The summed E-state index contributed by atoms with van der Waals surface area (Å²) in [6, 6.07) is 0.691. The summed E-state index contributed by atoms with van der Waals surface area (Å²) < 4.78 is 0.